The van der Waals surface area contributed by atoms with Gasteiger partial charge in [-0.1, -0.05) is 11.3 Å². The van der Waals surface area contributed by atoms with Crippen molar-refractivity contribution in [3.05, 3.63) is 4.88 Å². The third-order valence-electron chi connectivity index (χ3n) is 3.40. The van der Waals surface area contributed by atoms with Gasteiger partial charge in [-0.3, -0.25) is 4.79 Å². The van der Waals surface area contributed by atoms with E-state index in [4.69, 9.17) is 5.73 Å². The van der Waals surface area contributed by atoms with Gasteiger partial charge in [-0.05, 0) is 32.1 Å². The van der Waals surface area contributed by atoms with Gasteiger partial charge < -0.3 is 16.0 Å². The summed E-state index contributed by atoms with van der Waals surface area (Å²) in [6, 6.07) is 0.536. The summed E-state index contributed by atoms with van der Waals surface area (Å²) in [6.07, 6.45) is 5.79. The van der Waals surface area contributed by atoms with Crippen LogP contribution >= 0.6 is 11.3 Å². The quantitative estimate of drug-likeness (QED) is 0.877. The lowest BCUT2D eigenvalue weighted by Gasteiger charge is -2.26. The molecule has 1 aliphatic carbocycles. The predicted molar refractivity (Wildman–Crippen MR) is 72.9 cm³/mol. The molecule has 1 aromatic heterocycles. The summed E-state index contributed by atoms with van der Waals surface area (Å²) in [4.78, 5) is 19.1. The van der Waals surface area contributed by atoms with E-state index in [1.807, 2.05) is 4.90 Å². The molecule has 0 spiro atoms. The molecule has 1 saturated heterocycles. The van der Waals surface area contributed by atoms with Crippen LogP contribution in [-0.2, 0) is 0 Å². The van der Waals surface area contributed by atoms with Crippen molar-refractivity contribution in [2.75, 3.05) is 24.1 Å². The van der Waals surface area contributed by atoms with E-state index < -0.39 is 0 Å². The first-order valence-corrected chi connectivity index (χ1v) is 7.38. The average molecular weight is 266 g/mol. The molecule has 2 aliphatic rings. The number of likely N-dealkylation sites (tertiary alicyclic amines) is 1. The molecule has 0 radical (unpaired) electrons. The second-order valence-corrected chi connectivity index (χ2v) is 6.00. The molecule has 3 N–H and O–H groups in total. The van der Waals surface area contributed by atoms with Crippen molar-refractivity contribution in [1.29, 1.82) is 0 Å². The number of carbonyl (C=O) groups is 1. The number of anilines is 2. The topological polar surface area (TPSA) is 71.2 Å². The zero-order valence-corrected chi connectivity index (χ0v) is 11.1. The van der Waals surface area contributed by atoms with Crippen molar-refractivity contribution in [3.63, 3.8) is 0 Å². The largest absolute Gasteiger partial charge is 0.382 e. The van der Waals surface area contributed by atoms with Crippen molar-refractivity contribution in [1.82, 2.24) is 9.88 Å². The number of nitrogens with zero attached hydrogens (tertiary/aromatic N) is 2. The van der Waals surface area contributed by atoms with E-state index in [1.165, 1.54) is 30.6 Å². The van der Waals surface area contributed by atoms with Crippen LogP contribution in [-0.4, -0.2) is 34.9 Å². The molecule has 3 rings (SSSR count). The van der Waals surface area contributed by atoms with Crippen LogP contribution in [0.1, 0.15) is 41.8 Å². The molecule has 6 heteroatoms. The monoisotopic (exact) mass is 266 g/mol. The van der Waals surface area contributed by atoms with E-state index >= 15 is 0 Å². The minimum absolute atomic E-state index is 0.0496. The molecule has 5 nitrogen and oxygen atoms in total. The minimum Gasteiger partial charge on any atom is -0.382 e. The summed E-state index contributed by atoms with van der Waals surface area (Å²) < 4.78 is 0. The number of nitrogens with two attached hydrogens (primary N) is 1. The maximum Gasteiger partial charge on any atom is 0.267 e. The third-order valence-corrected chi connectivity index (χ3v) is 4.39. The first-order valence-electron chi connectivity index (χ1n) is 6.56. The van der Waals surface area contributed by atoms with Crippen molar-refractivity contribution >= 4 is 28.2 Å². The molecular formula is C12H18N4OS. The van der Waals surface area contributed by atoms with Gasteiger partial charge in [-0.15, -0.1) is 0 Å². The van der Waals surface area contributed by atoms with E-state index in [2.05, 4.69) is 10.3 Å². The summed E-state index contributed by atoms with van der Waals surface area (Å²) >= 11 is 1.39. The van der Waals surface area contributed by atoms with Crippen LogP contribution in [0.3, 0.4) is 0 Å². The highest BCUT2D eigenvalue weighted by Gasteiger charge is 2.26. The molecule has 1 amide bonds. The Hall–Kier alpha value is -1.30. The number of hydrogen-bond acceptors (Lipinski definition) is 5. The van der Waals surface area contributed by atoms with Gasteiger partial charge in [0, 0.05) is 19.1 Å². The molecule has 0 aromatic carbocycles. The lowest BCUT2D eigenvalue weighted by atomic mass is 10.1. The molecule has 0 bridgehead atoms. The fourth-order valence-corrected chi connectivity index (χ4v) is 3.12. The summed E-state index contributed by atoms with van der Waals surface area (Å²) in [5.41, 5.74) is 5.86. The lowest BCUT2D eigenvalue weighted by Crippen LogP contribution is -2.35. The van der Waals surface area contributed by atoms with E-state index in [9.17, 15) is 4.79 Å². The van der Waals surface area contributed by atoms with Crippen LogP contribution in [0.25, 0.3) is 0 Å². The number of piperidine rings is 1. The minimum atomic E-state index is 0.0496. The van der Waals surface area contributed by atoms with Crippen LogP contribution in [0.5, 0.6) is 0 Å². The Labute approximate surface area is 110 Å². The highest BCUT2D eigenvalue weighted by Crippen LogP contribution is 2.31. The number of rotatable bonds is 3. The van der Waals surface area contributed by atoms with E-state index in [0.717, 1.165) is 31.1 Å². The second-order valence-electron chi connectivity index (χ2n) is 5.00. The molecule has 1 aliphatic heterocycles. The van der Waals surface area contributed by atoms with Crippen molar-refractivity contribution in [3.8, 4) is 0 Å². The molecule has 2 heterocycles. The summed E-state index contributed by atoms with van der Waals surface area (Å²) in [5.74, 6) is 0.423. The maximum atomic E-state index is 12.3. The normalized spacial score (nSPS) is 19.9. The molecule has 1 saturated carbocycles. The lowest BCUT2D eigenvalue weighted by molar-refractivity contribution is 0.0730. The maximum absolute atomic E-state index is 12.3. The second kappa shape index (κ2) is 4.76. The molecule has 98 valence electrons. The zero-order valence-electron chi connectivity index (χ0n) is 10.3. The Morgan fingerprint density at radius 1 is 1.33 bits per heavy atom. The Kier molecular flexibility index (Phi) is 3.11. The Bertz CT molecular complexity index is 449. The highest BCUT2D eigenvalue weighted by atomic mass is 32.1. The molecule has 0 unspecified atom stereocenters. The standard InChI is InChI=1S/C12H18N4OS/c13-10-9(11(17)16-6-2-1-3-7-16)18-12(15-10)14-8-4-5-8/h8H,1-7,13H2,(H,14,15). The Balaban J connectivity index is 1.73. The van der Waals surface area contributed by atoms with Crippen molar-refractivity contribution < 1.29 is 4.79 Å². The smallest absolute Gasteiger partial charge is 0.267 e. The van der Waals surface area contributed by atoms with Crippen LogP contribution in [0, 0.1) is 0 Å². The first-order chi connectivity index (χ1) is 8.74. The van der Waals surface area contributed by atoms with E-state index in [-0.39, 0.29) is 5.91 Å². The Morgan fingerprint density at radius 3 is 2.72 bits per heavy atom. The number of nitrogen functional groups attached to an aromatic ring is 1. The van der Waals surface area contributed by atoms with E-state index in [0.29, 0.717) is 16.7 Å². The zero-order chi connectivity index (χ0) is 12.5. The third kappa shape index (κ3) is 2.43. The summed E-state index contributed by atoms with van der Waals surface area (Å²) in [6.45, 7) is 1.70. The summed E-state index contributed by atoms with van der Waals surface area (Å²) in [5, 5.41) is 4.08. The van der Waals surface area contributed by atoms with Gasteiger partial charge in [-0.2, -0.15) is 0 Å². The number of amides is 1. The first kappa shape index (κ1) is 11.8. The van der Waals surface area contributed by atoms with Crippen LogP contribution in [0.4, 0.5) is 10.9 Å². The molecular weight excluding hydrogens is 248 g/mol. The number of thiazole rings is 1. The molecule has 2 fully saturated rings. The molecule has 1 aromatic rings. The SMILES string of the molecule is Nc1nc(NC2CC2)sc1C(=O)N1CCCCC1. The highest BCUT2D eigenvalue weighted by molar-refractivity contribution is 7.18. The number of carbonyl (C=O) groups excluding carboxylic acids is 1. The number of aromatic nitrogens is 1. The van der Waals surface area contributed by atoms with Crippen molar-refractivity contribution in [2.24, 2.45) is 0 Å². The molecule has 18 heavy (non-hydrogen) atoms. The van der Waals surface area contributed by atoms with E-state index in [1.54, 1.807) is 0 Å². The van der Waals surface area contributed by atoms with Gasteiger partial charge in [0.25, 0.3) is 5.91 Å². The van der Waals surface area contributed by atoms with Crippen LogP contribution in [0.2, 0.25) is 0 Å². The van der Waals surface area contributed by atoms with Crippen molar-refractivity contribution in [2.45, 2.75) is 38.1 Å². The fourth-order valence-electron chi connectivity index (χ4n) is 2.19. The van der Waals surface area contributed by atoms with Gasteiger partial charge in [0.2, 0.25) is 0 Å². The van der Waals surface area contributed by atoms with Gasteiger partial charge >= 0.3 is 0 Å². The predicted octanol–water partition coefficient (Wildman–Crippen LogP) is 1.93. The van der Waals surface area contributed by atoms with Crippen LogP contribution in [0.15, 0.2) is 0 Å². The average Bonchev–Trinajstić information content (AvgIpc) is 3.12. The number of hydrogen-bond donors (Lipinski definition) is 2. The fraction of sp³-hybridized carbons (Fsp3) is 0.667. The number of nitrogens with one attached hydrogen (secondary N) is 1. The molecule has 0 atom stereocenters. The Morgan fingerprint density at radius 2 is 2.06 bits per heavy atom. The van der Waals surface area contributed by atoms with Crippen LogP contribution < -0.4 is 11.1 Å². The van der Waals surface area contributed by atoms with Gasteiger partial charge in [-0.25, -0.2) is 4.98 Å². The summed E-state index contributed by atoms with van der Waals surface area (Å²) in [7, 11) is 0. The van der Waals surface area contributed by atoms with Gasteiger partial charge in [0.05, 0.1) is 0 Å². The van der Waals surface area contributed by atoms with Gasteiger partial charge in [0.15, 0.2) is 5.13 Å². The van der Waals surface area contributed by atoms with Gasteiger partial charge in [0.1, 0.15) is 10.7 Å².